The third-order valence-electron chi connectivity index (χ3n) is 4.99. The molecule has 0 aliphatic carbocycles. The lowest BCUT2D eigenvalue weighted by Crippen LogP contribution is -1.93. The Morgan fingerprint density at radius 3 is 1.57 bits per heavy atom. The van der Waals surface area contributed by atoms with E-state index in [1.807, 2.05) is 0 Å². The lowest BCUT2D eigenvalue weighted by molar-refractivity contribution is 1.15. The quantitative estimate of drug-likeness (QED) is 0.369. The number of benzene rings is 4. The van der Waals surface area contributed by atoms with Crippen LogP contribution in [0.4, 0.5) is 0 Å². The average Bonchev–Trinajstić information content (AvgIpc) is 2.48. The third kappa shape index (κ3) is 1.56. The van der Waals surface area contributed by atoms with Crippen molar-refractivity contribution in [2.75, 3.05) is 0 Å². The smallest absolute Gasteiger partial charge is 0.00212 e. The fourth-order valence-corrected chi connectivity index (χ4v) is 3.94. The number of hydrogen-bond donors (Lipinski definition) is 0. The number of hydrogen-bond acceptors (Lipinski definition) is 0. The molecular formula is C21H20. The van der Waals surface area contributed by atoms with Crippen LogP contribution in [0.1, 0.15) is 29.2 Å². The Morgan fingerprint density at radius 1 is 0.619 bits per heavy atom. The molecular weight excluding hydrogens is 252 g/mol. The van der Waals surface area contributed by atoms with E-state index >= 15 is 0 Å². The van der Waals surface area contributed by atoms with Crippen molar-refractivity contribution >= 4 is 32.3 Å². The van der Waals surface area contributed by atoms with Gasteiger partial charge in [0.1, 0.15) is 0 Å². The molecule has 0 amide bonds. The highest BCUT2D eigenvalue weighted by molar-refractivity contribution is 6.25. The van der Waals surface area contributed by atoms with Crippen molar-refractivity contribution in [3.8, 4) is 0 Å². The summed E-state index contributed by atoms with van der Waals surface area (Å²) in [7, 11) is 0. The highest BCUT2D eigenvalue weighted by atomic mass is 14.2. The third-order valence-corrected chi connectivity index (χ3v) is 4.99. The predicted octanol–water partition coefficient (Wildman–Crippen LogP) is 6.07. The van der Waals surface area contributed by atoms with E-state index in [1.165, 1.54) is 54.6 Å². The summed E-state index contributed by atoms with van der Waals surface area (Å²) in [5.41, 5.74) is 5.63. The van der Waals surface area contributed by atoms with Crippen LogP contribution in [0.2, 0.25) is 0 Å². The molecule has 4 rings (SSSR count). The van der Waals surface area contributed by atoms with Gasteiger partial charge in [-0.3, -0.25) is 0 Å². The summed E-state index contributed by atoms with van der Waals surface area (Å²) in [4.78, 5) is 0. The molecule has 0 nitrogen and oxygen atoms in total. The monoisotopic (exact) mass is 272 g/mol. The Balaban J connectivity index is 2.42. The van der Waals surface area contributed by atoms with Crippen LogP contribution >= 0.6 is 0 Å². The highest BCUT2D eigenvalue weighted by Crippen LogP contribution is 2.39. The van der Waals surface area contributed by atoms with Crippen LogP contribution < -0.4 is 0 Å². The first-order chi connectivity index (χ1) is 10.1. The van der Waals surface area contributed by atoms with Gasteiger partial charge in [-0.2, -0.15) is 0 Å². The van der Waals surface area contributed by atoms with Gasteiger partial charge < -0.3 is 0 Å². The first-order valence-corrected chi connectivity index (χ1v) is 7.79. The minimum Gasteiger partial charge on any atom is -0.0613 e. The maximum Gasteiger partial charge on any atom is -0.00212 e. The maximum atomic E-state index is 2.36. The Labute approximate surface area is 125 Å². The molecule has 104 valence electrons. The fraction of sp³-hybridized carbons (Fsp3) is 0.238. The van der Waals surface area contributed by atoms with Crippen molar-refractivity contribution in [3.05, 3.63) is 58.7 Å². The molecule has 21 heavy (non-hydrogen) atoms. The summed E-state index contributed by atoms with van der Waals surface area (Å²) in [5, 5.41) is 8.57. The molecule has 0 atom stereocenters. The van der Waals surface area contributed by atoms with E-state index in [4.69, 9.17) is 0 Å². The molecule has 0 spiro atoms. The van der Waals surface area contributed by atoms with Crippen molar-refractivity contribution in [1.82, 2.24) is 0 Å². The normalized spacial score (nSPS) is 12.0. The van der Waals surface area contributed by atoms with Crippen LogP contribution in [0.15, 0.2) is 36.4 Å². The van der Waals surface area contributed by atoms with Gasteiger partial charge in [-0.05, 0) is 81.8 Å². The number of aryl methyl sites for hydroxylation is 4. The average molecular weight is 272 g/mol. The summed E-state index contributed by atoms with van der Waals surface area (Å²) in [5.74, 6) is 0. The van der Waals surface area contributed by atoms with Gasteiger partial charge in [-0.15, -0.1) is 0 Å². The van der Waals surface area contributed by atoms with E-state index in [2.05, 4.69) is 64.1 Å². The Morgan fingerprint density at radius 2 is 1.05 bits per heavy atom. The topological polar surface area (TPSA) is 0 Å². The van der Waals surface area contributed by atoms with Crippen LogP contribution in [0, 0.1) is 20.8 Å². The molecule has 0 saturated carbocycles. The molecule has 4 aromatic carbocycles. The Kier molecular flexibility index (Phi) is 2.53. The largest absolute Gasteiger partial charge is 0.0613 e. The van der Waals surface area contributed by atoms with Crippen LogP contribution in [0.3, 0.4) is 0 Å². The van der Waals surface area contributed by atoms with Gasteiger partial charge in [0.05, 0.1) is 0 Å². The first kappa shape index (κ1) is 12.6. The summed E-state index contributed by atoms with van der Waals surface area (Å²) in [6.07, 6.45) is 1.09. The summed E-state index contributed by atoms with van der Waals surface area (Å²) < 4.78 is 0. The van der Waals surface area contributed by atoms with Gasteiger partial charge in [-0.25, -0.2) is 0 Å². The molecule has 0 N–H and O–H groups in total. The zero-order valence-electron chi connectivity index (χ0n) is 13.2. The van der Waals surface area contributed by atoms with Gasteiger partial charge in [-0.1, -0.05) is 43.3 Å². The van der Waals surface area contributed by atoms with E-state index in [-0.39, 0.29) is 0 Å². The molecule has 0 aliphatic heterocycles. The molecule has 0 bridgehead atoms. The van der Waals surface area contributed by atoms with E-state index < -0.39 is 0 Å². The zero-order chi connectivity index (χ0) is 14.7. The van der Waals surface area contributed by atoms with Gasteiger partial charge in [0, 0.05) is 0 Å². The van der Waals surface area contributed by atoms with Crippen molar-refractivity contribution < 1.29 is 0 Å². The highest BCUT2D eigenvalue weighted by Gasteiger charge is 2.14. The van der Waals surface area contributed by atoms with E-state index in [0.717, 1.165) is 6.42 Å². The van der Waals surface area contributed by atoms with E-state index in [0.29, 0.717) is 0 Å². The lowest BCUT2D eigenvalue weighted by Gasteiger charge is -2.17. The van der Waals surface area contributed by atoms with Crippen LogP contribution in [-0.4, -0.2) is 0 Å². The van der Waals surface area contributed by atoms with Crippen molar-refractivity contribution in [2.24, 2.45) is 0 Å². The molecule has 0 radical (unpaired) electrons. The summed E-state index contributed by atoms with van der Waals surface area (Å²) >= 11 is 0. The minimum absolute atomic E-state index is 1.09. The van der Waals surface area contributed by atoms with Crippen molar-refractivity contribution in [1.29, 1.82) is 0 Å². The standard InChI is InChI=1S/C21H20/c1-5-15-11-14(4)18-7-6-16-12(2)10-13(3)17-8-9-19(15)21(18)20(16)17/h6-11H,5H2,1-4H3. The molecule has 0 unspecified atom stereocenters. The zero-order valence-corrected chi connectivity index (χ0v) is 13.2. The van der Waals surface area contributed by atoms with E-state index in [9.17, 15) is 0 Å². The van der Waals surface area contributed by atoms with Crippen LogP contribution in [0.25, 0.3) is 32.3 Å². The molecule has 4 aromatic rings. The Bertz CT molecular complexity index is 968. The number of rotatable bonds is 1. The summed E-state index contributed by atoms with van der Waals surface area (Å²) in [6, 6.07) is 13.9. The van der Waals surface area contributed by atoms with Crippen LogP contribution in [-0.2, 0) is 6.42 Å². The molecule has 0 heterocycles. The van der Waals surface area contributed by atoms with Gasteiger partial charge >= 0.3 is 0 Å². The Hall–Kier alpha value is -2.08. The fourth-order valence-electron chi connectivity index (χ4n) is 3.94. The van der Waals surface area contributed by atoms with Gasteiger partial charge in [0.15, 0.2) is 0 Å². The van der Waals surface area contributed by atoms with Crippen molar-refractivity contribution in [2.45, 2.75) is 34.1 Å². The maximum absolute atomic E-state index is 2.36. The second kappa shape index (κ2) is 4.21. The molecule has 0 aliphatic rings. The second-order valence-electron chi connectivity index (χ2n) is 6.29. The SMILES string of the molecule is CCc1cc(C)c2ccc3c(C)cc(C)c4ccc1c2c34. The second-order valence-corrected chi connectivity index (χ2v) is 6.29. The van der Waals surface area contributed by atoms with Crippen molar-refractivity contribution in [3.63, 3.8) is 0 Å². The molecule has 0 saturated heterocycles. The molecule has 0 heteroatoms. The minimum atomic E-state index is 1.09. The van der Waals surface area contributed by atoms with Crippen LogP contribution in [0.5, 0.6) is 0 Å². The molecule has 0 fully saturated rings. The molecule has 0 aromatic heterocycles. The van der Waals surface area contributed by atoms with E-state index in [1.54, 1.807) is 0 Å². The predicted molar refractivity (Wildman–Crippen MR) is 93.7 cm³/mol. The first-order valence-electron chi connectivity index (χ1n) is 7.79. The van der Waals surface area contributed by atoms with Gasteiger partial charge in [0.25, 0.3) is 0 Å². The van der Waals surface area contributed by atoms with Gasteiger partial charge in [0.2, 0.25) is 0 Å². The lowest BCUT2D eigenvalue weighted by atomic mass is 9.86. The summed E-state index contributed by atoms with van der Waals surface area (Å²) in [6.45, 7) is 8.95.